The summed E-state index contributed by atoms with van der Waals surface area (Å²) in [5, 5.41) is -0.788. The summed E-state index contributed by atoms with van der Waals surface area (Å²) in [7, 11) is 0. The van der Waals surface area contributed by atoms with Gasteiger partial charge in [0.15, 0.2) is 12.6 Å². The largest absolute Gasteiger partial charge is 0.480 e. The normalized spacial score (nSPS) is 33.3. The molecular formula is C10H12F5N3O. The van der Waals surface area contributed by atoms with Gasteiger partial charge >= 0.3 is 6.30 Å². The molecule has 108 valence electrons. The molecule has 0 bridgehead atoms. The Morgan fingerprint density at radius 3 is 2.63 bits per heavy atom. The van der Waals surface area contributed by atoms with Crippen LogP contribution in [-0.2, 0) is 4.79 Å². The highest BCUT2D eigenvalue weighted by Gasteiger charge is 2.62. The minimum absolute atomic E-state index is 0.0235. The van der Waals surface area contributed by atoms with Gasteiger partial charge < -0.3 is 5.43 Å². The summed E-state index contributed by atoms with van der Waals surface area (Å²) < 4.78 is 66.5. The minimum Gasteiger partial charge on any atom is -0.312 e. The molecular weight excluding hydrogens is 273 g/mol. The molecule has 0 amide bonds. The van der Waals surface area contributed by atoms with Crippen LogP contribution in [0.15, 0.2) is 11.3 Å². The molecule has 2 unspecified atom stereocenters. The summed E-state index contributed by atoms with van der Waals surface area (Å²) in [4.78, 5) is 12.0. The third kappa shape index (κ3) is 2.00. The summed E-state index contributed by atoms with van der Waals surface area (Å²) in [6.07, 6.45) is -7.69. The number of aldehydes is 1. The van der Waals surface area contributed by atoms with Crippen molar-refractivity contribution in [3.05, 3.63) is 11.3 Å². The first-order chi connectivity index (χ1) is 8.75. The van der Waals surface area contributed by atoms with E-state index in [1.807, 2.05) is 0 Å². The topological polar surface area (TPSA) is 35.6 Å². The maximum atomic E-state index is 14.3. The molecule has 0 aromatic rings. The Morgan fingerprint density at radius 2 is 2.16 bits per heavy atom. The molecule has 0 spiro atoms. The molecule has 0 saturated heterocycles. The maximum absolute atomic E-state index is 14.3. The average Bonchev–Trinajstić information content (AvgIpc) is 2.64. The summed E-state index contributed by atoms with van der Waals surface area (Å²) >= 11 is 0. The quantitative estimate of drug-likeness (QED) is 0.473. The number of carbonyl (C=O) groups excluding carboxylic acids is 1. The lowest BCUT2D eigenvalue weighted by Gasteiger charge is -2.33. The van der Waals surface area contributed by atoms with Gasteiger partial charge in [-0.05, 0) is 6.54 Å². The van der Waals surface area contributed by atoms with Gasteiger partial charge in [0.2, 0.25) is 0 Å². The SMILES string of the molecule is CCN1CCC2=C(C1F)C(F)(C=O)N(C(F)(F)F)N2. The molecule has 2 atom stereocenters. The van der Waals surface area contributed by atoms with Gasteiger partial charge in [-0.1, -0.05) is 11.9 Å². The highest BCUT2D eigenvalue weighted by Crippen LogP contribution is 2.44. The number of hydrazine groups is 1. The van der Waals surface area contributed by atoms with E-state index in [1.165, 1.54) is 0 Å². The number of hydrogen-bond donors (Lipinski definition) is 1. The first-order valence-electron chi connectivity index (χ1n) is 5.66. The maximum Gasteiger partial charge on any atom is 0.480 e. The third-order valence-corrected chi connectivity index (χ3v) is 3.30. The van der Waals surface area contributed by atoms with E-state index in [2.05, 4.69) is 0 Å². The molecule has 0 fully saturated rings. The van der Waals surface area contributed by atoms with Crippen molar-refractivity contribution in [1.29, 1.82) is 0 Å². The summed E-state index contributed by atoms with van der Waals surface area (Å²) in [5.74, 6) is -3.54. The fourth-order valence-corrected chi connectivity index (χ4v) is 2.34. The van der Waals surface area contributed by atoms with E-state index in [1.54, 1.807) is 12.3 Å². The van der Waals surface area contributed by atoms with E-state index in [0.29, 0.717) is 0 Å². The zero-order chi connectivity index (χ0) is 14.4. The number of alkyl halides is 5. The van der Waals surface area contributed by atoms with Crippen molar-refractivity contribution in [2.45, 2.75) is 31.7 Å². The van der Waals surface area contributed by atoms with Crippen molar-refractivity contribution in [2.75, 3.05) is 13.1 Å². The molecule has 4 nitrogen and oxygen atoms in total. The van der Waals surface area contributed by atoms with Gasteiger partial charge in [-0.15, -0.1) is 0 Å². The van der Waals surface area contributed by atoms with Gasteiger partial charge in [0.25, 0.3) is 5.79 Å². The zero-order valence-corrected chi connectivity index (χ0v) is 9.97. The van der Waals surface area contributed by atoms with Crippen molar-refractivity contribution in [3.63, 3.8) is 0 Å². The lowest BCUT2D eigenvalue weighted by atomic mass is 9.98. The van der Waals surface area contributed by atoms with Crippen LogP contribution in [0.1, 0.15) is 13.3 Å². The van der Waals surface area contributed by atoms with Gasteiger partial charge in [-0.25, -0.2) is 8.78 Å². The molecule has 2 heterocycles. The smallest absolute Gasteiger partial charge is 0.312 e. The van der Waals surface area contributed by atoms with Gasteiger partial charge in [0.1, 0.15) is 0 Å². The van der Waals surface area contributed by atoms with E-state index in [9.17, 15) is 26.7 Å². The van der Waals surface area contributed by atoms with Gasteiger partial charge in [0.05, 0.1) is 5.57 Å². The number of hydrogen-bond acceptors (Lipinski definition) is 4. The van der Waals surface area contributed by atoms with Crippen LogP contribution in [0.25, 0.3) is 0 Å². The number of halogens is 5. The second-order valence-electron chi connectivity index (χ2n) is 4.31. The Labute approximate surface area is 105 Å². The molecule has 0 aromatic heterocycles. The highest BCUT2D eigenvalue weighted by atomic mass is 19.4. The molecule has 2 aliphatic rings. The van der Waals surface area contributed by atoms with Gasteiger partial charge in [-0.3, -0.25) is 9.69 Å². The Morgan fingerprint density at radius 1 is 1.53 bits per heavy atom. The van der Waals surface area contributed by atoms with Crippen LogP contribution in [0.5, 0.6) is 0 Å². The van der Waals surface area contributed by atoms with E-state index < -0.39 is 35.3 Å². The van der Waals surface area contributed by atoms with E-state index >= 15 is 0 Å². The van der Waals surface area contributed by atoms with Crippen LogP contribution in [0.4, 0.5) is 22.0 Å². The Hall–Kier alpha value is -1.22. The van der Waals surface area contributed by atoms with Crippen LogP contribution >= 0.6 is 0 Å². The van der Waals surface area contributed by atoms with Crippen molar-refractivity contribution < 1.29 is 26.7 Å². The van der Waals surface area contributed by atoms with Gasteiger partial charge in [-0.2, -0.15) is 13.2 Å². The average molecular weight is 285 g/mol. The Kier molecular flexibility index (Phi) is 3.29. The van der Waals surface area contributed by atoms with Crippen LogP contribution in [0.2, 0.25) is 0 Å². The van der Waals surface area contributed by atoms with Crippen molar-refractivity contribution in [3.8, 4) is 0 Å². The molecule has 19 heavy (non-hydrogen) atoms. The fraction of sp³-hybridized carbons (Fsp3) is 0.700. The van der Waals surface area contributed by atoms with E-state index in [4.69, 9.17) is 0 Å². The standard InChI is InChI=1S/C10H12F5N3O/c1-2-17-4-3-6-7(8(17)11)9(12,5-19)18(16-6)10(13,14)15/h5,8,16H,2-4H2,1H3. The Bertz CT molecular complexity index is 424. The van der Waals surface area contributed by atoms with E-state index in [-0.39, 0.29) is 25.2 Å². The molecule has 2 rings (SSSR count). The molecule has 2 aliphatic heterocycles. The minimum atomic E-state index is -5.14. The van der Waals surface area contributed by atoms with E-state index in [0.717, 1.165) is 4.90 Å². The zero-order valence-electron chi connectivity index (χ0n) is 9.97. The van der Waals surface area contributed by atoms with Crippen LogP contribution in [0, 0.1) is 0 Å². The van der Waals surface area contributed by atoms with Crippen LogP contribution < -0.4 is 5.43 Å². The van der Waals surface area contributed by atoms with Crippen LogP contribution in [-0.4, -0.2) is 47.7 Å². The highest BCUT2D eigenvalue weighted by molar-refractivity contribution is 5.70. The lowest BCUT2D eigenvalue weighted by molar-refractivity contribution is -0.294. The van der Waals surface area contributed by atoms with Crippen molar-refractivity contribution >= 4 is 6.29 Å². The fourth-order valence-electron chi connectivity index (χ4n) is 2.34. The molecule has 1 N–H and O–H groups in total. The summed E-state index contributed by atoms with van der Waals surface area (Å²) in [6.45, 7) is 1.96. The Balaban J connectivity index is 2.43. The second-order valence-corrected chi connectivity index (χ2v) is 4.31. The second kappa shape index (κ2) is 4.41. The molecule has 0 saturated carbocycles. The van der Waals surface area contributed by atoms with Crippen LogP contribution in [0.3, 0.4) is 0 Å². The first-order valence-corrected chi connectivity index (χ1v) is 5.66. The predicted molar refractivity (Wildman–Crippen MR) is 54.7 cm³/mol. The molecule has 0 radical (unpaired) electrons. The third-order valence-electron chi connectivity index (χ3n) is 3.30. The number of nitrogens with one attached hydrogen (secondary N) is 1. The molecule has 0 aromatic carbocycles. The summed E-state index contributed by atoms with van der Waals surface area (Å²) in [5.41, 5.74) is 0.748. The van der Waals surface area contributed by atoms with Crippen molar-refractivity contribution in [2.24, 2.45) is 0 Å². The summed E-state index contributed by atoms with van der Waals surface area (Å²) in [6, 6.07) is 0. The first kappa shape index (κ1) is 14.2. The van der Waals surface area contributed by atoms with Crippen molar-refractivity contribution in [1.82, 2.24) is 15.3 Å². The number of carbonyl (C=O) groups is 1. The monoisotopic (exact) mass is 285 g/mol. The number of rotatable bonds is 2. The number of likely N-dealkylation sites (N-methyl/N-ethyl adjacent to an activating group) is 1. The predicted octanol–water partition coefficient (Wildman–Crippen LogP) is 1.47. The lowest BCUT2D eigenvalue weighted by Crippen LogP contribution is -2.57. The number of nitrogens with zero attached hydrogens (tertiary/aromatic N) is 2. The molecule has 9 heteroatoms. The molecule has 0 aliphatic carbocycles. The van der Waals surface area contributed by atoms with Gasteiger partial charge in [0, 0.05) is 18.7 Å².